The van der Waals surface area contributed by atoms with Crippen molar-refractivity contribution in [2.75, 3.05) is 18.4 Å². The molecule has 0 aliphatic carbocycles. The monoisotopic (exact) mass is 448 g/mol. The predicted molar refractivity (Wildman–Crippen MR) is 118 cm³/mol. The van der Waals surface area contributed by atoms with Gasteiger partial charge < -0.3 is 10.2 Å². The topological polar surface area (TPSA) is 50.2 Å². The molecule has 1 fully saturated rings. The number of hydrogen-bond acceptors (Lipinski definition) is 3. The molecule has 2 aromatic rings. The first-order valence-electron chi connectivity index (χ1n) is 11.2. The maximum absolute atomic E-state index is 13.8. The molecule has 0 radical (unpaired) electrons. The summed E-state index contributed by atoms with van der Waals surface area (Å²) >= 11 is 0. The number of carbonyl (C=O) groups excluding carboxylic acids is 1. The smallest absolute Gasteiger partial charge is 0.367 e. The second-order valence-electron chi connectivity index (χ2n) is 10.2. The van der Waals surface area contributed by atoms with Gasteiger partial charge in [-0.2, -0.15) is 18.3 Å². The van der Waals surface area contributed by atoms with E-state index < -0.39 is 12.2 Å². The first-order chi connectivity index (χ1) is 14.9. The number of carbonyl (C=O) groups is 1. The van der Waals surface area contributed by atoms with Gasteiger partial charge in [-0.1, -0.05) is 50.6 Å². The van der Waals surface area contributed by atoms with Crippen LogP contribution in [-0.2, 0) is 11.2 Å². The number of nitrogens with one attached hydrogen (secondary N) is 1. The van der Waals surface area contributed by atoms with Crippen LogP contribution >= 0.6 is 0 Å². The second-order valence-corrected chi connectivity index (χ2v) is 10.2. The highest BCUT2D eigenvalue weighted by molar-refractivity contribution is 5.79. The number of halogens is 3. The maximum atomic E-state index is 13.8. The third-order valence-electron chi connectivity index (χ3n) is 6.65. The van der Waals surface area contributed by atoms with Crippen molar-refractivity contribution in [3.05, 3.63) is 47.2 Å². The molecule has 0 saturated carbocycles. The number of aromatic nitrogens is 2. The summed E-state index contributed by atoms with van der Waals surface area (Å²) in [5.74, 6) is 0.400. The van der Waals surface area contributed by atoms with Crippen molar-refractivity contribution in [2.45, 2.75) is 71.1 Å². The Balaban J connectivity index is 1.50. The highest BCUT2D eigenvalue weighted by atomic mass is 19.4. The Kier molecular flexibility index (Phi) is 5.75. The summed E-state index contributed by atoms with van der Waals surface area (Å²) in [5.41, 5.74) is 2.40. The molecule has 3 atom stereocenters. The van der Waals surface area contributed by atoms with Crippen LogP contribution in [0.1, 0.15) is 62.4 Å². The van der Waals surface area contributed by atoms with Crippen LogP contribution in [0, 0.1) is 12.3 Å². The number of benzene rings is 1. The lowest BCUT2D eigenvalue weighted by atomic mass is 9.82. The van der Waals surface area contributed by atoms with Gasteiger partial charge in [0.15, 0.2) is 6.04 Å². The standard InChI is InChI=1S/C24H31F3N4O/c1-15-6-5-7-16(10-15)11-22(32)30-9-8-17(14-30)18-12-21-28-19(23(2,3)4)13-20(24(25,26)27)31(21)29-18/h5-7,10,12,17,19-20,28H,8-9,11,13-14H2,1-4H3/t17-,19-,20+/m1/s1. The number of rotatable bonds is 3. The Morgan fingerprint density at radius 3 is 2.62 bits per heavy atom. The number of hydrogen-bond donors (Lipinski definition) is 1. The zero-order valence-electron chi connectivity index (χ0n) is 19.0. The number of likely N-dealkylation sites (tertiary alicyclic amines) is 1. The van der Waals surface area contributed by atoms with E-state index in [9.17, 15) is 18.0 Å². The van der Waals surface area contributed by atoms with Gasteiger partial charge in [0.25, 0.3) is 0 Å². The quantitative estimate of drug-likeness (QED) is 0.712. The van der Waals surface area contributed by atoms with Crippen molar-refractivity contribution >= 4 is 11.7 Å². The van der Waals surface area contributed by atoms with Crippen molar-refractivity contribution in [3.63, 3.8) is 0 Å². The van der Waals surface area contributed by atoms with E-state index in [4.69, 9.17) is 0 Å². The van der Waals surface area contributed by atoms with Crippen molar-refractivity contribution < 1.29 is 18.0 Å². The molecule has 2 aliphatic rings. The van der Waals surface area contributed by atoms with Gasteiger partial charge in [-0.15, -0.1) is 0 Å². The Hall–Kier alpha value is -2.51. The molecule has 0 unspecified atom stereocenters. The molecule has 8 heteroatoms. The fraction of sp³-hybridized carbons (Fsp3) is 0.583. The second kappa shape index (κ2) is 8.12. The average molecular weight is 449 g/mol. The fourth-order valence-corrected chi connectivity index (χ4v) is 4.70. The minimum atomic E-state index is -4.37. The largest absolute Gasteiger partial charge is 0.410 e. The number of nitrogens with zero attached hydrogens (tertiary/aromatic N) is 3. The van der Waals surface area contributed by atoms with E-state index in [0.29, 0.717) is 37.4 Å². The van der Waals surface area contributed by atoms with Crippen molar-refractivity contribution in [2.24, 2.45) is 5.41 Å². The SMILES string of the molecule is Cc1cccc(CC(=O)N2CC[C@@H](c3cc4n(n3)[C@H](C(F)(F)F)C[C@H](C(C)(C)C)N4)C2)c1. The summed E-state index contributed by atoms with van der Waals surface area (Å²) in [7, 11) is 0. The molecule has 1 aromatic carbocycles. The summed E-state index contributed by atoms with van der Waals surface area (Å²) < 4.78 is 42.6. The van der Waals surface area contributed by atoms with Crippen LogP contribution in [0.4, 0.5) is 19.0 Å². The lowest BCUT2D eigenvalue weighted by molar-refractivity contribution is -0.175. The van der Waals surface area contributed by atoms with Gasteiger partial charge in [-0.25, -0.2) is 4.68 Å². The summed E-state index contributed by atoms with van der Waals surface area (Å²) in [6, 6.07) is 7.68. The van der Waals surface area contributed by atoms with Gasteiger partial charge in [-0.05, 0) is 30.7 Å². The highest BCUT2D eigenvalue weighted by Gasteiger charge is 2.48. The van der Waals surface area contributed by atoms with E-state index in [2.05, 4.69) is 10.4 Å². The van der Waals surface area contributed by atoms with Crippen LogP contribution in [0.15, 0.2) is 30.3 Å². The Morgan fingerprint density at radius 1 is 1.22 bits per heavy atom. The van der Waals surface area contributed by atoms with Gasteiger partial charge in [0.2, 0.25) is 5.91 Å². The molecule has 1 amide bonds. The van der Waals surface area contributed by atoms with Crippen LogP contribution in [0.2, 0.25) is 0 Å². The zero-order chi connectivity index (χ0) is 23.3. The number of fused-ring (bicyclic) bond motifs is 1. The third kappa shape index (κ3) is 4.64. The van der Waals surface area contributed by atoms with Gasteiger partial charge >= 0.3 is 6.18 Å². The fourth-order valence-electron chi connectivity index (χ4n) is 4.70. The van der Waals surface area contributed by atoms with E-state index >= 15 is 0 Å². The summed E-state index contributed by atoms with van der Waals surface area (Å²) in [6.07, 6.45) is -3.38. The minimum absolute atomic E-state index is 0.0427. The predicted octanol–water partition coefficient (Wildman–Crippen LogP) is 5.08. The van der Waals surface area contributed by atoms with Crippen molar-refractivity contribution in [3.8, 4) is 0 Å². The van der Waals surface area contributed by atoms with Gasteiger partial charge in [-0.3, -0.25) is 4.79 Å². The van der Waals surface area contributed by atoms with E-state index in [1.54, 1.807) is 11.0 Å². The van der Waals surface area contributed by atoms with Crippen LogP contribution in [0.25, 0.3) is 0 Å². The van der Waals surface area contributed by atoms with Crippen molar-refractivity contribution in [1.82, 2.24) is 14.7 Å². The first-order valence-corrected chi connectivity index (χ1v) is 11.2. The lowest BCUT2D eigenvalue weighted by Crippen LogP contribution is -2.44. The molecule has 1 saturated heterocycles. The molecular weight excluding hydrogens is 417 g/mol. The molecular formula is C24H31F3N4O. The van der Waals surface area contributed by atoms with Crippen LogP contribution in [0.5, 0.6) is 0 Å². The molecule has 1 aromatic heterocycles. The van der Waals surface area contributed by atoms with E-state index in [-0.39, 0.29) is 29.7 Å². The Labute approximate surface area is 187 Å². The molecule has 174 valence electrons. The third-order valence-corrected chi connectivity index (χ3v) is 6.65. The highest BCUT2D eigenvalue weighted by Crippen LogP contribution is 2.44. The van der Waals surface area contributed by atoms with Crippen molar-refractivity contribution in [1.29, 1.82) is 0 Å². The normalized spacial score (nSPS) is 23.7. The molecule has 3 heterocycles. The minimum Gasteiger partial charge on any atom is -0.367 e. The molecule has 1 N–H and O–H groups in total. The number of aryl methyl sites for hydroxylation is 1. The average Bonchev–Trinajstić information content (AvgIpc) is 3.32. The summed E-state index contributed by atoms with van der Waals surface area (Å²) in [5, 5.41) is 7.66. The van der Waals surface area contributed by atoms with Gasteiger partial charge in [0, 0.05) is 31.1 Å². The summed E-state index contributed by atoms with van der Waals surface area (Å²) in [6.45, 7) is 8.91. The summed E-state index contributed by atoms with van der Waals surface area (Å²) in [4.78, 5) is 14.6. The molecule has 4 rings (SSSR count). The van der Waals surface area contributed by atoms with Gasteiger partial charge in [0.1, 0.15) is 5.82 Å². The molecule has 0 spiro atoms. The van der Waals surface area contributed by atoms with Crippen LogP contribution in [-0.4, -0.2) is 45.9 Å². The molecule has 32 heavy (non-hydrogen) atoms. The van der Waals surface area contributed by atoms with E-state index in [1.165, 1.54) is 0 Å². The van der Waals surface area contributed by atoms with Crippen LogP contribution < -0.4 is 5.32 Å². The Morgan fingerprint density at radius 2 is 1.97 bits per heavy atom. The number of anilines is 1. The molecule has 5 nitrogen and oxygen atoms in total. The molecule has 0 bridgehead atoms. The maximum Gasteiger partial charge on any atom is 0.410 e. The van der Waals surface area contributed by atoms with Crippen LogP contribution in [0.3, 0.4) is 0 Å². The number of amides is 1. The molecule has 2 aliphatic heterocycles. The lowest BCUT2D eigenvalue weighted by Gasteiger charge is -2.39. The van der Waals surface area contributed by atoms with E-state index in [1.807, 2.05) is 52.0 Å². The van der Waals surface area contributed by atoms with Gasteiger partial charge in [0.05, 0.1) is 12.1 Å². The van der Waals surface area contributed by atoms with E-state index in [0.717, 1.165) is 15.8 Å². The first kappa shape index (κ1) is 22.7. The Bertz CT molecular complexity index is 992. The number of alkyl halides is 3. The zero-order valence-corrected chi connectivity index (χ0v) is 19.0.